The number of halogens is 4. The molecule has 9 heteroatoms. The van der Waals surface area contributed by atoms with E-state index in [2.05, 4.69) is 4.74 Å². The Hall–Kier alpha value is -2.58. The van der Waals surface area contributed by atoms with Crippen LogP contribution in [0.2, 0.25) is 5.02 Å². The average molecular weight is 485 g/mol. The van der Waals surface area contributed by atoms with E-state index < -0.39 is 30.1 Å². The summed E-state index contributed by atoms with van der Waals surface area (Å²) in [6.07, 6.45) is -4.63. The third kappa shape index (κ3) is 6.23. The van der Waals surface area contributed by atoms with Crippen LogP contribution >= 0.6 is 23.4 Å². The molecule has 0 radical (unpaired) electrons. The monoisotopic (exact) mass is 484 g/mol. The summed E-state index contributed by atoms with van der Waals surface area (Å²) in [5.41, 5.74) is 0.782. The molecule has 0 bridgehead atoms. The highest BCUT2D eigenvalue weighted by Gasteiger charge is 2.35. The van der Waals surface area contributed by atoms with Crippen LogP contribution in [0.5, 0.6) is 5.75 Å². The first kappa shape index (κ1) is 24.1. The Labute approximate surface area is 192 Å². The quantitative estimate of drug-likeness (QED) is 0.251. The van der Waals surface area contributed by atoms with E-state index in [0.29, 0.717) is 27.2 Å². The van der Waals surface area contributed by atoms with Gasteiger partial charge in [0.15, 0.2) is 6.61 Å². The van der Waals surface area contributed by atoms with Gasteiger partial charge >= 0.3 is 12.1 Å². The molecule has 3 aromatic rings. The van der Waals surface area contributed by atoms with Crippen LogP contribution in [0, 0.1) is 6.92 Å². The number of ether oxygens (including phenoxy) is 2. The van der Waals surface area contributed by atoms with Gasteiger partial charge in [-0.25, -0.2) is 4.79 Å². The summed E-state index contributed by atoms with van der Waals surface area (Å²) >= 11 is 7.15. The van der Waals surface area contributed by atoms with E-state index in [1.54, 1.807) is 19.1 Å². The van der Waals surface area contributed by atoms with Gasteiger partial charge in [0, 0.05) is 26.8 Å². The number of esters is 1. The van der Waals surface area contributed by atoms with Crippen LogP contribution < -0.4 is 4.74 Å². The second-order valence-corrected chi connectivity index (χ2v) is 8.22. The first-order valence-corrected chi connectivity index (χ1v) is 11.0. The molecule has 0 amide bonds. The van der Waals surface area contributed by atoms with Crippen LogP contribution in [0.25, 0.3) is 11.3 Å². The summed E-state index contributed by atoms with van der Waals surface area (Å²) in [5, 5.41) is 0.614. The molecule has 0 aliphatic carbocycles. The predicted molar refractivity (Wildman–Crippen MR) is 117 cm³/mol. The SMILES string of the molecule is CCOC(=O)COc1ccc(SCc2cc(-c3ccc(Cl)cc3)oc2C)cc1C(F)(F)F. The van der Waals surface area contributed by atoms with Crippen molar-refractivity contribution in [2.24, 2.45) is 0 Å². The van der Waals surface area contributed by atoms with Crippen LogP contribution in [-0.2, 0) is 21.5 Å². The number of carbonyl (C=O) groups excluding carboxylic acids is 1. The van der Waals surface area contributed by atoms with Crippen LogP contribution in [0.15, 0.2) is 57.8 Å². The Bertz CT molecular complexity index is 1080. The first-order valence-electron chi connectivity index (χ1n) is 9.65. The molecule has 1 heterocycles. The standard InChI is InChI=1S/C23H20ClF3O4S/c1-3-29-22(28)12-30-20-9-8-18(11-19(20)23(25,26)27)32-13-16-10-21(31-14(16)2)15-4-6-17(24)7-5-15/h4-11H,3,12-13H2,1-2H3. The molecule has 1 aromatic heterocycles. The molecule has 0 N–H and O–H groups in total. The van der Waals surface area contributed by atoms with Gasteiger partial charge in [0.25, 0.3) is 0 Å². The molecule has 4 nitrogen and oxygen atoms in total. The minimum Gasteiger partial charge on any atom is -0.481 e. The van der Waals surface area contributed by atoms with Gasteiger partial charge in [0.05, 0.1) is 12.2 Å². The number of furan rings is 1. The van der Waals surface area contributed by atoms with Crippen molar-refractivity contribution in [2.75, 3.05) is 13.2 Å². The van der Waals surface area contributed by atoms with Gasteiger partial charge in [-0.15, -0.1) is 11.8 Å². The molecular formula is C23H20ClF3O4S. The maximum absolute atomic E-state index is 13.5. The van der Waals surface area contributed by atoms with Crippen molar-refractivity contribution >= 4 is 29.3 Å². The summed E-state index contributed by atoms with van der Waals surface area (Å²) in [6.45, 7) is 2.94. The van der Waals surface area contributed by atoms with Crippen molar-refractivity contribution in [1.82, 2.24) is 0 Å². The Kier molecular flexibility index (Phi) is 7.79. The third-order valence-corrected chi connectivity index (χ3v) is 5.75. The van der Waals surface area contributed by atoms with Gasteiger partial charge in [-0.1, -0.05) is 11.6 Å². The maximum Gasteiger partial charge on any atom is 0.420 e. The topological polar surface area (TPSA) is 48.7 Å². The molecule has 0 unspecified atom stereocenters. The van der Waals surface area contributed by atoms with E-state index in [-0.39, 0.29) is 6.61 Å². The van der Waals surface area contributed by atoms with Gasteiger partial charge in [-0.2, -0.15) is 13.2 Å². The van der Waals surface area contributed by atoms with Crippen molar-refractivity contribution in [2.45, 2.75) is 30.7 Å². The fraction of sp³-hybridized carbons (Fsp3) is 0.261. The fourth-order valence-corrected chi connectivity index (χ4v) is 3.97. The Morgan fingerprint density at radius 2 is 1.84 bits per heavy atom. The smallest absolute Gasteiger partial charge is 0.420 e. The lowest BCUT2D eigenvalue weighted by atomic mass is 10.1. The maximum atomic E-state index is 13.5. The highest BCUT2D eigenvalue weighted by Crippen LogP contribution is 2.39. The lowest BCUT2D eigenvalue weighted by Crippen LogP contribution is -2.17. The minimum atomic E-state index is -4.63. The summed E-state index contributed by atoms with van der Waals surface area (Å²) in [6, 6.07) is 12.8. The molecule has 0 fully saturated rings. The van der Waals surface area contributed by atoms with Crippen molar-refractivity contribution in [1.29, 1.82) is 0 Å². The average Bonchev–Trinajstić information content (AvgIpc) is 3.11. The number of benzene rings is 2. The predicted octanol–water partition coefficient (Wildman–Crippen LogP) is 7.16. The molecule has 170 valence electrons. The molecule has 0 saturated carbocycles. The number of rotatable bonds is 8. The summed E-state index contributed by atoms with van der Waals surface area (Å²) < 4.78 is 56.1. The Morgan fingerprint density at radius 1 is 1.12 bits per heavy atom. The third-order valence-electron chi connectivity index (χ3n) is 4.45. The van der Waals surface area contributed by atoms with Crippen molar-refractivity contribution in [3.05, 3.63) is 70.4 Å². The molecule has 3 rings (SSSR count). The zero-order valence-electron chi connectivity index (χ0n) is 17.3. The lowest BCUT2D eigenvalue weighted by molar-refractivity contribution is -0.147. The van der Waals surface area contributed by atoms with E-state index in [0.717, 1.165) is 17.2 Å². The van der Waals surface area contributed by atoms with Gasteiger partial charge in [0.2, 0.25) is 0 Å². The van der Waals surface area contributed by atoms with Gasteiger partial charge in [-0.3, -0.25) is 0 Å². The molecule has 0 aliphatic rings. The number of hydrogen-bond donors (Lipinski definition) is 0. The zero-order valence-corrected chi connectivity index (χ0v) is 18.9. The number of aryl methyl sites for hydroxylation is 1. The number of thioether (sulfide) groups is 1. The van der Waals surface area contributed by atoms with Crippen molar-refractivity contribution in [3.8, 4) is 17.1 Å². The molecule has 0 atom stereocenters. The van der Waals surface area contributed by atoms with Gasteiger partial charge in [-0.05, 0) is 62.4 Å². The van der Waals surface area contributed by atoms with Crippen molar-refractivity contribution in [3.63, 3.8) is 0 Å². The molecule has 2 aromatic carbocycles. The van der Waals surface area contributed by atoms with Crippen LogP contribution in [0.1, 0.15) is 23.8 Å². The van der Waals surface area contributed by atoms with E-state index in [9.17, 15) is 18.0 Å². The summed E-state index contributed by atoms with van der Waals surface area (Å²) in [5.74, 6) is 0.621. The first-order chi connectivity index (χ1) is 15.2. The Morgan fingerprint density at radius 3 is 2.50 bits per heavy atom. The van der Waals surface area contributed by atoms with Crippen LogP contribution in [-0.4, -0.2) is 19.2 Å². The van der Waals surface area contributed by atoms with E-state index in [1.165, 1.54) is 23.9 Å². The second-order valence-electron chi connectivity index (χ2n) is 6.74. The van der Waals surface area contributed by atoms with Gasteiger partial charge < -0.3 is 13.9 Å². The Balaban J connectivity index is 1.73. The molecule has 0 saturated heterocycles. The largest absolute Gasteiger partial charge is 0.481 e. The molecule has 0 spiro atoms. The number of carbonyl (C=O) groups is 1. The van der Waals surface area contributed by atoms with E-state index in [4.69, 9.17) is 20.8 Å². The number of hydrogen-bond acceptors (Lipinski definition) is 5. The zero-order chi connectivity index (χ0) is 23.3. The number of alkyl halides is 3. The highest BCUT2D eigenvalue weighted by molar-refractivity contribution is 7.98. The highest BCUT2D eigenvalue weighted by atomic mass is 35.5. The summed E-state index contributed by atoms with van der Waals surface area (Å²) in [7, 11) is 0. The minimum absolute atomic E-state index is 0.122. The van der Waals surface area contributed by atoms with E-state index in [1.807, 2.05) is 25.1 Å². The van der Waals surface area contributed by atoms with Gasteiger partial charge in [0.1, 0.15) is 17.3 Å². The summed E-state index contributed by atoms with van der Waals surface area (Å²) in [4.78, 5) is 11.8. The van der Waals surface area contributed by atoms with E-state index >= 15 is 0 Å². The normalized spacial score (nSPS) is 11.4. The van der Waals surface area contributed by atoms with Crippen LogP contribution in [0.3, 0.4) is 0 Å². The fourth-order valence-electron chi connectivity index (χ4n) is 2.87. The molecular weight excluding hydrogens is 465 g/mol. The molecule has 32 heavy (non-hydrogen) atoms. The second kappa shape index (κ2) is 10.4. The van der Waals surface area contributed by atoms with Crippen molar-refractivity contribution < 1.29 is 31.9 Å². The molecule has 0 aliphatic heterocycles. The van der Waals surface area contributed by atoms with Crippen LogP contribution in [0.4, 0.5) is 13.2 Å². The lowest BCUT2D eigenvalue weighted by Gasteiger charge is -2.15.